The molecule has 2 aromatic carbocycles. The third-order valence-electron chi connectivity index (χ3n) is 4.43. The predicted molar refractivity (Wildman–Crippen MR) is 98.4 cm³/mol. The van der Waals surface area contributed by atoms with Gasteiger partial charge in [-0.15, -0.1) is 0 Å². The van der Waals surface area contributed by atoms with Crippen LogP contribution >= 0.6 is 11.6 Å². The van der Waals surface area contributed by atoms with Gasteiger partial charge in [-0.3, -0.25) is 14.5 Å². The third kappa shape index (κ3) is 4.68. The Morgan fingerprint density at radius 1 is 0.960 bits per heavy atom. The lowest BCUT2D eigenvalue weighted by Gasteiger charge is -2.15. The summed E-state index contributed by atoms with van der Waals surface area (Å²) in [5, 5.41) is 3.92. The van der Waals surface area contributed by atoms with E-state index < -0.39 is 6.04 Å². The van der Waals surface area contributed by atoms with Crippen LogP contribution in [0.1, 0.15) is 17.5 Å². The van der Waals surface area contributed by atoms with Crippen molar-refractivity contribution >= 4 is 23.4 Å². The first-order chi connectivity index (χ1) is 12.1. The first kappa shape index (κ1) is 17.6. The fourth-order valence-corrected chi connectivity index (χ4v) is 3.13. The maximum absolute atomic E-state index is 12.4. The summed E-state index contributed by atoms with van der Waals surface area (Å²) in [6.07, 6.45) is 1.73. The average molecular weight is 357 g/mol. The van der Waals surface area contributed by atoms with Crippen molar-refractivity contribution in [1.82, 2.24) is 10.2 Å². The lowest BCUT2D eigenvalue weighted by atomic mass is 10.1. The number of carbonyl (C=O) groups is 2. The number of halogens is 1. The van der Waals surface area contributed by atoms with Gasteiger partial charge in [0.1, 0.15) is 0 Å². The van der Waals surface area contributed by atoms with E-state index in [4.69, 9.17) is 11.6 Å². The molecule has 1 fully saturated rings. The maximum Gasteiger partial charge on any atom is 0.246 e. The molecule has 130 valence electrons. The Hall–Kier alpha value is -2.17. The van der Waals surface area contributed by atoms with Crippen molar-refractivity contribution in [2.24, 2.45) is 0 Å². The van der Waals surface area contributed by atoms with E-state index >= 15 is 0 Å². The SMILES string of the molecule is O=C1CC(NCCc2ccc(Cl)cc2)C(=O)N1CCc1ccccc1. The largest absolute Gasteiger partial charge is 0.305 e. The summed E-state index contributed by atoms with van der Waals surface area (Å²) in [6.45, 7) is 1.09. The fraction of sp³-hybridized carbons (Fsp3) is 0.300. The van der Waals surface area contributed by atoms with Crippen molar-refractivity contribution in [2.75, 3.05) is 13.1 Å². The minimum absolute atomic E-state index is 0.0927. The summed E-state index contributed by atoms with van der Waals surface area (Å²) in [6, 6.07) is 17.1. The number of imide groups is 1. The summed E-state index contributed by atoms with van der Waals surface area (Å²) in [5.41, 5.74) is 2.27. The van der Waals surface area contributed by atoms with Crippen molar-refractivity contribution in [3.8, 4) is 0 Å². The van der Waals surface area contributed by atoms with Gasteiger partial charge < -0.3 is 5.32 Å². The predicted octanol–water partition coefficient (Wildman–Crippen LogP) is 2.84. The van der Waals surface area contributed by atoms with Crippen LogP contribution < -0.4 is 5.32 Å². The van der Waals surface area contributed by atoms with Gasteiger partial charge in [-0.2, -0.15) is 0 Å². The van der Waals surface area contributed by atoms with Gasteiger partial charge in [0.25, 0.3) is 0 Å². The summed E-state index contributed by atoms with van der Waals surface area (Å²) < 4.78 is 0. The number of rotatable bonds is 7. The monoisotopic (exact) mass is 356 g/mol. The molecule has 3 rings (SSSR count). The maximum atomic E-state index is 12.4. The van der Waals surface area contributed by atoms with Gasteiger partial charge in [0, 0.05) is 11.6 Å². The molecule has 0 saturated carbocycles. The molecule has 25 heavy (non-hydrogen) atoms. The van der Waals surface area contributed by atoms with Gasteiger partial charge in [0.15, 0.2) is 0 Å². The zero-order valence-electron chi connectivity index (χ0n) is 14.0. The molecule has 2 amide bonds. The van der Waals surface area contributed by atoms with Crippen molar-refractivity contribution in [3.63, 3.8) is 0 Å². The number of amides is 2. The first-order valence-electron chi connectivity index (χ1n) is 8.49. The molecule has 4 nitrogen and oxygen atoms in total. The quantitative estimate of drug-likeness (QED) is 0.776. The molecule has 1 aliphatic rings. The lowest BCUT2D eigenvalue weighted by molar-refractivity contribution is -0.138. The molecule has 0 aliphatic carbocycles. The average Bonchev–Trinajstić information content (AvgIpc) is 2.89. The minimum Gasteiger partial charge on any atom is -0.305 e. The van der Waals surface area contributed by atoms with Gasteiger partial charge in [0.2, 0.25) is 11.8 Å². The Bertz CT molecular complexity index is 731. The number of hydrogen-bond donors (Lipinski definition) is 1. The molecule has 0 aromatic heterocycles. The zero-order valence-corrected chi connectivity index (χ0v) is 14.7. The topological polar surface area (TPSA) is 49.4 Å². The number of carbonyl (C=O) groups excluding carboxylic acids is 2. The Morgan fingerprint density at radius 3 is 2.36 bits per heavy atom. The highest BCUT2D eigenvalue weighted by Crippen LogP contribution is 2.15. The van der Waals surface area contributed by atoms with Crippen LogP contribution in [0, 0.1) is 0 Å². The fourth-order valence-electron chi connectivity index (χ4n) is 3.00. The minimum atomic E-state index is -0.407. The molecule has 5 heteroatoms. The van der Waals surface area contributed by atoms with Crippen LogP contribution in [0.4, 0.5) is 0 Å². The van der Waals surface area contributed by atoms with E-state index in [9.17, 15) is 9.59 Å². The third-order valence-corrected chi connectivity index (χ3v) is 4.68. The van der Waals surface area contributed by atoms with Crippen molar-refractivity contribution in [3.05, 3.63) is 70.7 Å². The highest BCUT2D eigenvalue weighted by atomic mass is 35.5. The number of likely N-dealkylation sites (tertiary alicyclic amines) is 1. The highest BCUT2D eigenvalue weighted by Gasteiger charge is 2.37. The molecule has 1 saturated heterocycles. The van der Waals surface area contributed by atoms with E-state index in [1.807, 2.05) is 54.6 Å². The van der Waals surface area contributed by atoms with Crippen LogP contribution in [0.3, 0.4) is 0 Å². The van der Waals surface area contributed by atoms with Crippen LogP contribution in [0.2, 0.25) is 5.02 Å². The highest BCUT2D eigenvalue weighted by molar-refractivity contribution is 6.30. The van der Waals surface area contributed by atoms with Crippen molar-refractivity contribution in [2.45, 2.75) is 25.3 Å². The van der Waals surface area contributed by atoms with E-state index in [1.165, 1.54) is 4.90 Å². The molecule has 0 spiro atoms. The first-order valence-corrected chi connectivity index (χ1v) is 8.87. The summed E-state index contributed by atoms with van der Waals surface area (Å²) in [4.78, 5) is 26.0. The molecule has 1 N–H and O–H groups in total. The molecular weight excluding hydrogens is 336 g/mol. The molecule has 1 aliphatic heterocycles. The Labute approximate surface area is 152 Å². The van der Waals surface area contributed by atoms with Crippen LogP contribution in [-0.2, 0) is 22.4 Å². The molecule has 2 aromatic rings. The van der Waals surface area contributed by atoms with Crippen molar-refractivity contribution < 1.29 is 9.59 Å². The smallest absolute Gasteiger partial charge is 0.246 e. The van der Waals surface area contributed by atoms with Gasteiger partial charge in [-0.05, 0) is 42.6 Å². The molecule has 0 bridgehead atoms. The lowest BCUT2D eigenvalue weighted by Crippen LogP contribution is -2.40. The molecular formula is C20H21ClN2O2. The summed E-state index contributed by atoms with van der Waals surface area (Å²) in [5.74, 6) is -0.207. The second-order valence-electron chi connectivity index (χ2n) is 6.21. The van der Waals surface area contributed by atoms with Gasteiger partial charge in [0.05, 0.1) is 12.5 Å². The second-order valence-corrected chi connectivity index (χ2v) is 6.64. The Morgan fingerprint density at radius 2 is 1.64 bits per heavy atom. The normalized spacial score (nSPS) is 17.3. The standard InChI is InChI=1S/C20H21ClN2O2/c21-17-8-6-16(7-9-17)10-12-22-18-14-19(24)23(20(18)25)13-11-15-4-2-1-3-5-15/h1-9,18,22H,10-14H2. The Balaban J connectivity index is 1.48. The van der Waals surface area contributed by atoms with Crippen LogP contribution in [0.25, 0.3) is 0 Å². The Kier molecular flexibility index (Phi) is 5.84. The number of nitrogens with zero attached hydrogens (tertiary/aromatic N) is 1. The van der Waals surface area contributed by atoms with Gasteiger partial charge in [-0.25, -0.2) is 0 Å². The van der Waals surface area contributed by atoms with E-state index in [0.29, 0.717) is 24.5 Å². The molecule has 0 radical (unpaired) electrons. The number of hydrogen-bond acceptors (Lipinski definition) is 3. The summed E-state index contributed by atoms with van der Waals surface area (Å²) >= 11 is 5.87. The molecule has 1 atom stereocenters. The number of benzene rings is 2. The van der Waals surface area contributed by atoms with Crippen LogP contribution in [0.5, 0.6) is 0 Å². The molecule has 1 heterocycles. The van der Waals surface area contributed by atoms with E-state index in [-0.39, 0.29) is 18.2 Å². The van der Waals surface area contributed by atoms with Crippen molar-refractivity contribution in [1.29, 1.82) is 0 Å². The van der Waals surface area contributed by atoms with Crippen LogP contribution in [0.15, 0.2) is 54.6 Å². The number of nitrogens with one attached hydrogen (secondary N) is 1. The van der Waals surface area contributed by atoms with E-state index in [2.05, 4.69) is 5.32 Å². The second kappa shape index (κ2) is 8.28. The molecule has 1 unspecified atom stereocenters. The van der Waals surface area contributed by atoms with Gasteiger partial charge in [-0.1, -0.05) is 54.1 Å². The van der Waals surface area contributed by atoms with Crippen LogP contribution in [-0.4, -0.2) is 35.8 Å². The van der Waals surface area contributed by atoms with Gasteiger partial charge >= 0.3 is 0 Å². The summed E-state index contributed by atoms with van der Waals surface area (Å²) in [7, 11) is 0. The zero-order chi connectivity index (χ0) is 17.6. The van der Waals surface area contributed by atoms with E-state index in [0.717, 1.165) is 17.5 Å². The van der Waals surface area contributed by atoms with E-state index in [1.54, 1.807) is 0 Å².